The van der Waals surface area contributed by atoms with E-state index in [1.54, 1.807) is 35.0 Å². The number of rotatable bonds is 6. The molecular weight excluding hydrogens is 586 g/mol. The molecule has 1 N–H and O–H groups in total. The van der Waals surface area contributed by atoms with Gasteiger partial charge in [-0.1, -0.05) is 6.07 Å². The molecule has 0 aromatic carbocycles. The lowest BCUT2D eigenvalue weighted by molar-refractivity contribution is 0.0209. The summed E-state index contributed by atoms with van der Waals surface area (Å²) in [6.07, 6.45) is 5.68. The number of amides is 3. The molecule has 0 bridgehead atoms. The van der Waals surface area contributed by atoms with E-state index in [2.05, 4.69) is 15.1 Å². The molecule has 248 valence electrons. The van der Waals surface area contributed by atoms with Crippen molar-refractivity contribution >= 4 is 41.4 Å². The Hall–Kier alpha value is -4.09. The summed E-state index contributed by atoms with van der Waals surface area (Å²) in [4.78, 5) is 56.5. The summed E-state index contributed by atoms with van der Waals surface area (Å²) < 4.78 is 10.9. The van der Waals surface area contributed by atoms with E-state index in [0.29, 0.717) is 35.0 Å². The molecule has 2 aromatic heterocycles. The number of piperidine rings is 2. The first-order valence-electron chi connectivity index (χ1n) is 16.5. The predicted molar refractivity (Wildman–Crippen MR) is 177 cm³/mol. The summed E-state index contributed by atoms with van der Waals surface area (Å²) in [7, 11) is 1.78. The molecule has 12 heteroatoms. The first-order valence-corrected chi connectivity index (χ1v) is 16.5. The molecule has 46 heavy (non-hydrogen) atoms. The molecule has 0 radical (unpaired) electrons. The van der Waals surface area contributed by atoms with Gasteiger partial charge in [0.15, 0.2) is 0 Å². The number of hydrogen-bond acceptors (Lipinski definition) is 9. The maximum atomic E-state index is 13.9. The van der Waals surface area contributed by atoms with Gasteiger partial charge >= 0.3 is 12.2 Å². The SMILES string of the molecule is CN(C(=O)OC(C)(C)C)C1CCCN(c2cccc(NC(=O)c3ccc(N4C(=O)OCC4(C)C)nc3N3CCC4(CC3)CC4)n2)C1. The maximum Gasteiger partial charge on any atom is 0.416 e. The number of cyclic esters (lactones) is 1. The van der Waals surface area contributed by atoms with Crippen molar-refractivity contribution in [3.8, 4) is 0 Å². The highest BCUT2D eigenvalue weighted by atomic mass is 16.6. The fraction of sp³-hybridized carbons (Fsp3) is 0.618. The summed E-state index contributed by atoms with van der Waals surface area (Å²) in [6.45, 7) is 12.8. The van der Waals surface area contributed by atoms with Crippen molar-refractivity contribution in [2.45, 2.75) is 90.3 Å². The van der Waals surface area contributed by atoms with Crippen LogP contribution in [-0.4, -0.2) is 90.0 Å². The molecule has 3 amide bonds. The number of ether oxygens (including phenoxy) is 2. The molecule has 3 aliphatic heterocycles. The molecule has 6 rings (SSSR count). The minimum atomic E-state index is -0.562. The van der Waals surface area contributed by atoms with Crippen molar-refractivity contribution in [2.24, 2.45) is 5.41 Å². The molecule has 12 nitrogen and oxygen atoms in total. The minimum Gasteiger partial charge on any atom is -0.447 e. The topological polar surface area (TPSA) is 120 Å². The predicted octanol–water partition coefficient (Wildman–Crippen LogP) is 5.68. The number of nitrogens with one attached hydrogen (secondary N) is 1. The van der Waals surface area contributed by atoms with Crippen LogP contribution in [0.1, 0.15) is 83.5 Å². The summed E-state index contributed by atoms with van der Waals surface area (Å²) in [5.74, 6) is 1.90. The van der Waals surface area contributed by atoms with Crippen molar-refractivity contribution < 1.29 is 23.9 Å². The first kappa shape index (κ1) is 31.9. The van der Waals surface area contributed by atoms with Crippen LogP contribution in [0, 0.1) is 5.41 Å². The number of hydrogen-bond donors (Lipinski definition) is 1. The molecular formula is C34H47N7O5. The van der Waals surface area contributed by atoms with Crippen LogP contribution in [-0.2, 0) is 9.47 Å². The summed E-state index contributed by atoms with van der Waals surface area (Å²) in [5.41, 5.74) is -0.223. The van der Waals surface area contributed by atoms with E-state index in [4.69, 9.17) is 19.4 Å². The summed E-state index contributed by atoms with van der Waals surface area (Å²) in [5, 5.41) is 3.00. The van der Waals surface area contributed by atoms with Crippen LogP contribution >= 0.6 is 0 Å². The number of carbonyl (C=O) groups is 3. The smallest absolute Gasteiger partial charge is 0.416 e. The Kier molecular flexibility index (Phi) is 8.27. The van der Waals surface area contributed by atoms with Gasteiger partial charge in [-0.3, -0.25) is 9.69 Å². The zero-order chi connectivity index (χ0) is 32.9. The van der Waals surface area contributed by atoms with Crippen LogP contribution in [0.15, 0.2) is 30.3 Å². The fourth-order valence-corrected chi connectivity index (χ4v) is 6.68. The lowest BCUT2D eigenvalue weighted by Crippen LogP contribution is -2.50. The second kappa shape index (κ2) is 11.9. The van der Waals surface area contributed by atoms with Crippen LogP contribution < -0.4 is 20.0 Å². The lowest BCUT2D eigenvalue weighted by Gasteiger charge is -2.38. The number of carbonyl (C=O) groups excluding carboxylic acids is 3. The molecule has 1 saturated carbocycles. The third-order valence-corrected chi connectivity index (χ3v) is 9.68. The van der Waals surface area contributed by atoms with Crippen LogP contribution in [0.3, 0.4) is 0 Å². The van der Waals surface area contributed by atoms with E-state index >= 15 is 0 Å². The number of nitrogens with zero attached hydrogens (tertiary/aromatic N) is 6. The van der Waals surface area contributed by atoms with E-state index in [1.807, 2.05) is 46.8 Å². The standard InChI is InChI=1S/C34H47N7O5/c1-32(2,3)46-30(43)38(6)23-9-8-18-40(21-23)26-11-7-10-25(35-26)36-29(42)24-12-13-27(41-31(44)45-22-33(41,4)5)37-28(24)39-19-16-34(14-15-34)17-20-39/h7,10-13,23H,8-9,14-22H2,1-6H3,(H,35,36,42). The summed E-state index contributed by atoms with van der Waals surface area (Å²) in [6, 6.07) is 9.03. The van der Waals surface area contributed by atoms with Gasteiger partial charge < -0.3 is 29.5 Å². The van der Waals surface area contributed by atoms with Gasteiger partial charge in [0.1, 0.15) is 35.5 Å². The van der Waals surface area contributed by atoms with Crippen molar-refractivity contribution in [1.82, 2.24) is 14.9 Å². The molecule has 1 spiro atoms. The van der Waals surface area contributed by atoms with Gasteiger partial charge in [0, 0.05) is 33.2 Å². The molecule has 1 aliphatic carbocycles. The Bertz CT molecular complexity index is 1490. The van der Waals surface area contributed by atoms with Crippen molar-refractivity contribution in [1.29, 1.82) is 0 Å². The van der Waals surface area contributed by atoms with Gasteiger partial charge in [-0.25, -0.2) is 19.6 Å². The van der Waals surface area contributed by atoms with Gasteiger partial charge in [-0.2, -0.15) is 0 Å². The van der Waals surface area contributed by atoms with Crippen molar-refractivity contribution in [2.75, 3.05) is 59.9 Å². The number of likely N-dealkylation sites (N-methyl/N-ethyl adjacent to an activating group) is 1. The Labute approximate surface area is 271 Å². The number of anilines is 4. The second-order valence-corrected chi connectivity index (χ2v) is 14.9. The molecule has 4 fully saturated rings. The third kappa shape index (κ3) is 6.71. The monoisotopic (exact) mass is 633 g/mol. The van der Waals surface area contributed by atoms with E-state index in [0.717, 1.165) is 51.1 Å². The quantitative estimate of drug-likeness (QED) is 0.428. The zero-order valence-electron chi connectivity index (χ0n) is 28.0. The third-order valence-electron chi connectivity index (χ3n) is 9.68. The molecule has 1 unspecified atom stereocenters. The Morgan fingerprint density at radius 2 is 1.74 bits per heavy atom. The highest BCUT2D eigenvalue weighted by molar-refractivity contribution is 6.07. The van der Waals surface area contributed by atoms with Crippen LogP contribution in [0.5, 0.6) is 0 Å². The van der Waals surface area contributed by atoms with Crippen LogP contribution in [0.4, 0.5) is 32.9 Å². The Balaban J connectivity index is 1.20. The van der Waals surface area contributed by atoms with E-state index in [9.17, 15) is 14.4 Å². The molecule has 3 saturated heterocycles. The van der Waals surface area contributed by atoms with Crippen molar-refractivity contribution in [3.05, 3.63) is 35.9 Å². The molecule has 5 heterocycles. The minimum absolute atomic E-state index is 0.0204. The first-order chi connectivity index (χ1) is 21.7. The van der Waals surface area contributed by atoms with Crippen LogP contribution in [0.2, 0.25) is 0 Å². The Morgan fingerprint density at radius 3 is 2.39 bits per heavy atom. The van der Waals surface area contributed by atoms with E-state index < -0.39 is 17.2 Å². The average Bonchev–Trinajstić information content (AvgIpc) is 3.71. The normalized spacial score (nSPS) is 22.0. The van der Waals surface area contributed by atoms with Gasteiger partial charge in [0.25, 0.3) is 5.91 Å². The molecule has 1 atom stereocenters. The number of aromatic nitrogens is 2. The highest BCUT2D eigenvalue weighted by Gasteiger charge is 2.46. The van der Waals surface area contributed by atoms with Gasteiger partial charge in [-0.15, -0.1) is 0 Å². The van der Waals surface area contributed by atoms with E-state index in [-0.39, 0.29) is 24.6 Å². The summed E-state index contributed by atoms with van der Waals surface area (Å²) >= 11 is 0. The number of pyridine rings is 2. The molecule has 2 aromatic rings. The molecule has 4 aliphatic rings. The average molecular weight is 634 g/mol. The lowest BCUT2D eigenvalue weighted by atomic mass is 9.93. The largest absolute Gasteiger partial charge is 0.447 e. The highest BCUT2D eigenvalue weighted by Crippen LogP contribution is 2.54. The van der Waals surface area contributed by atoms with E-state index in [1.165, 1.54) is 12.8 Å². The fourth-order valence-electron chi connectivity index (χ4n) is 6.68. The van der Waals surface area contributed by atoms with Crippen molar-refractivity contribution in [3.63, 3.8) is 0 Å². The van der Waals surface area contributed by atoms with Crippen LogP contribution in [0.25, 0.3) is 0 Å². The zero-order valence-corrected chi connectivity index (χ0v) is 28.0. The van der Waals surface area contributed by atoms with Gasteiger partial charge in [0.2, 0.25) is 0 Å². The second-order valence-electron chi connectivity index (χ2n) is 14.9. The maximum absolute atomic E-state index is 13.9. The Morgan fingerprint density at radius 1 is 1.00 bits per heavy atom. The van der Waals surface area contributed by atoms with Gasteiger partial charge in [0.05, 0.1) is 17.1 Å². The van der Waals surface area contributed by atoms with Gasteiger partial charge in [-0.05, 0) is 103 Å².